The van der Waals surface area contributed by atoms with Crippen molar-refractivity contribution in [2.75, 3.05) is 13.2 Å². The summed E-state index contributed by atoms with van der Waals surface area (Å²) in [5.41, 5.74) is 1.81. The summed E-state index contributed by atoms with van der Waals surface area (Å²) >= 11 is 0. The van der Waals surface area contributed by atoms with Crippen LogP contribution in [0.15, 0.2) is 24.3 Å². The van der Waals surface area contributed by atoms with Gasteiger partial charge in [0.25, 0.3) is 0 Å². The minimum atomic E-state index is 0.405. The molecule has 0 bridgehead atoms. The summed E-state index contributed by atoms with van der Waals surface area (Å²) in [6, 6.07) is 9.18. The van der Waals surface area contributed by atoms with Crippen LogP contribution in [0.3, 0.4) is 0 Å². The Hall–Kier alpha value is -1.02. The van der Waals surface area contributed by atoms with E-state index in [1.165, 1.54) is 31.2 Å². The summed E-state index contributed by atoms with van der Waals surface area (Å²) in [4.78, 5) is 0. The van der Waals surface area contributed by atoms with Crippen LogP contribution in [0.2, 0.25) is 0 Å². The topological polar surface area (TPSA) is 21.3 Å². The molecular weight excluding hydrogens is 246 g/mol. The van der Waals surface area contributed by atoms with Crippen LogP contribution in [-0.2, 0) is 0 Å². The first-order valence-corrected chi connectivity index (χ1v) is 8.16. The van der Waals surface area contributed by atoms with Gasteiger partial charge in [0, 0.05) is 6.04 Å². The maximum Gasteiger partial charge on any atom is 0.119 e. The monoisotopic (exact) mass is 275 g/mol. The first-order valence-electron chi connectivity index (χ1n) is 8.16. The second kappa shape index (κ2) is 7.12. The molecule has 1 aliphatic carbocycles. The van der Waals surface area contributed by atoms with Gasteiger partial charge in [-0.15, -0.1) is 0 Å². The zero-order valence-corrected chi connectivity index (χ0v) is 13.2. The lowest BCUT2D eigenvalue weighted by atomic mass is 9.77. The SMILES string of the molecule is CCCOc1ccc(C(NCC)C2(C)CCCC2)cc1. The average molecular weight is 275 g/mol. The molecular formula is C18H29NO. The van der Waals surface area contributed by atoms with Crippen molar-refractivity contribution in [2.45, 2.75) is 58.9 Å². The molecule has 0 radical (unpaired) electrons. The van der Waals surface area contributed by atoms with E-state index in [4.69, 9.17) is 4.74 Å². The molecule has 1 N–H and O–H groups in total. The predicted molar refractivity (Wildman–Crippen MR) is 85.2 cm³/mol. The van der Waals surface area contributed by atoms with Crippen LogP contribution in [0.25, 0.3) is 0 Å². The highest BCUT2D eigenvalue weighted by Gasteiger charge is 2.37. The van der Waals surface area contributed by atoms with E-state index in [-0.39, 0.29) is 0 Å². The molecule has 0 saturated heterocycles. The smallest absolute Gasteiger partial charge is 0.119 e. The summed E-state index contributed by atoms with van der Waals surface area (Å²) in [5.74, 6) is 0.988. The third-order valence-electron chi connectivity index (χ3n) is 4.54. The minimum absolute atomic E-state index is 0.405. The van der Waals surface area contributed by atoms with Crippen LogP contribution in [0, 0.1) is 5.41 Å². The number of benzene rings is 1. The fraction of sp³-hybridized carbons (Fsp3) is 0.667. The molecule has 20 heavy (non-hydrogen) atoms. The lowest BCUT2D eigenvalue weighted by Crippen LogP contribution is -2.34. The molecule has 2 heteroatoms. The van der Waals surface area contributed by atoms with Crippen LogP contribution < -0.4 is 10.1 Å². The first kappa shape index (κ1) is 15.4. The molecule has 2 nitrogen and oxygen atoms in total. The lowest BCUT2D eigenvalue weighted by molar-refractivity contribution is 0.226. The van der Waals surface area contributed by atoms with Gasteiger partial charge in [-0.3, -0.25) is 0 Å². The maximum atomic E-state index is 5.68. The fourth-order valence-electron chi connectivity index (χ4n) is 3.42. The quantitative estimate of drug-likeness (QED) is 0.778. The van der Waals surface area contributed by atoms with Crippen molar-refractivity contribution in [3.8, 4) is 5.75 Å². The molecule has 1 fully saturated rings. The Morgan fingerprint density at radius 3 is 2.35 bits per heavy atom. The van der Waals surface area contributed by atoms with Gasteiger partial charge in [0.05, 0.1) is 6.61 Å². The van der Waals surface area contributed by atoms with E-state index in [2.05, 4.69) is 50.4 Å². The van der Waals surface area contributed by atoms with Crippen molar-refractivity contribution in [3.63, 3.8) is 0 Å². The maximum absolute atomic E-state index is 5.68. The molecule has 1 unspecified atom stereocenters. The fourth-order valence-corrected chi connectivity index (χ4v) is 3.42. The minimum Gasteiger partial charge on any atom is -0.494 e. The Kier molecular flexibility index (Phi) is 5.47. The Bertz CT molecular complexity index is 392. The van der Waals surface area contributed by atoms with Gasteiger partial charge in [-0.1, -0.05) is 45.7 Å². The lowest BCUT2D eigenvalue weighted by Gasteiger charge is -2.35. The summed E-state index contributed by atoms with van der Waals surface area (Å²) in [6.07, 6.45) is 6.46. The molecule has 0 aliphatic heterocycles. The largest absolute Gasteiger partial charge is 0.494 e. The zero-order valence-electron chi connectivity index (χ0n) is 13.2. The molecule has 2 rings (SSSR count). The van der Waals surface area contributed by atoms with E-state index in [0.29, 0.717) is 11.5 Å². The third kappa shape index (κ3) is 3.54. The van der Waals surface area contributed by atoms with E-state index in [0.717, 1.165) is 25.3 Å². The zero-order chi connectivity index (χ0) is 14.4. The molecule has 1 aliphatic rings. The number of nitrogens with one attached hydrogen (secondary N) is 1. The van der Waals surface area contributed by atoms with E-state index in [1.54, 1.807) is 0 Å². The number of ether oxygens (including phenoxy) is 1. The molecule has 1 atom stereocenters. The van der Waals surface area contributed by atoms with Gasteiger partial charge >= 0.3 is 0 Å². The molecule has 1 saturated carbocycles. The number of hydrogen-bond acceptors (Lipinski definition) is 2. The second-order valence-corrected chi connectivity index (χ2v) is 6.27. The molecule has 0 aromatic heterocycles. The van der Waals surface area contributed by atoms with Crippen LogP contribution in [0.1, 0.15) is 64.5 Å². The Morgan fingerprint density at radius 2 is 1.80 bits per heavy atom. The van der Waals surface area contributed by atoms with Crippen LogP contribution in [-0.4, -0.2) is 13.2 Å². The highest BCUT2D eigenvalue weighted by molar-refractivity contribution is 5.30. The molecule has 0 spiro atoms. The summed E-state index contributed by atoms with van der Waals surface area (Å²) < 4.78 is 5.68. The van der Waals surface area contributed by atoms with E-state index in [9.17, 15) is 0 Å². The number of rotatable bonds is 7. The van der Waals surface area contributed by atoms with Gasteiger partial charge in [-0.25, -0.2) is 0 Å². The number of hydrogen-bond donors (Lipinski definition) is 1. The van der Waals surface area contributed by atoms with Crippen LogP contribution in [0.4, 0.5) is 0 Å². The molecule has 1 aromatic carbocycles. The van der Waals surface area contributed by atoms with Crippen molar-refractivity contribution in [1.29, 1.82) is 0 Å². The van der Waals surface area contributed by atoms with Crippen molar-refractivity contribution < 1.29 is 4.74 Å². The second-order valence-electron chi connectivity index (χ2n) is 6.27. The third-order valence-corrected chi connectivity index (χ3v) is 4.54. The van der Waals surface area contributed by atoms with Gasteiger partial charge in [-0.2, -0.15) is 0 Å². The standard InChI is InChI=1S/C18H29NO/c1-4-14-20-16-10-8-15(9-11-16)17(19-5-2)18(3)12-6-7-13-18/h8-11,17,19H,4-7,12-14H2,1-3H3. The Balaban J connectivity index is 2.12. The molecule has 0 heterocycles. The molecule has 112 valence electrons. The normalized spacial score (nSPS) is 18.9. The Labute approximate surface area is 123 Å². The van der Waals surface area contributed by atoms with Crippen molar-refractivity contribution in [2.24, 2.45) is 5.41 Å². The van der Waals surface area contributed by atoms with Gasteiger partial charge in [0.2, 0.25) is 0 Å². The Morgan fingerprint density at radius 1 is 1.15 bits per heavy atom. The van der Waals surface area contributed by atoms with Gasteiger partial charge in [-0.05, 0) is 48.9 Å². The highest BCUT2D eigenvalue weighted by atomic mass is 16.5. The molecule has 1 aromatic rings. The van der Waals surface area contributed by atoms with Crippen molar-refractivity contribution >= 4 is 0 Å². The van der Waals surface area contributed by atoms with Crippen LogP contribution >= 0.6 is 0 Å². The first-order chi connectivity index (χ1) is 9.69. The van der Waals surface area contributed by atoms with Gasteiger partial charge in [0.1, 0.15) is 5.75 Å². The van der Waals surface area contributed by atoms with Gasteiger partial charge < -0.3 is 10.1 Å². The van der Waals surface area contributed by atoms with Crippen molar-refractivity contribution in [1.82, 2.24) is 5.32 Å². The van der Waals surface area contributed by atoms with Crippen LogP contribution in [0.5, 0.6) is 5.75 Å². The van der Waals surface area contributed by atoms with E-state index in [1.807, 2.05) is 0 Å². The van der Waals surface area contributed by atoms with E-state index < -0.39 is 0 Å². The highest BCUT2D eigenvalue weighted by Crippen LogP contribution is 2.47. The van der Waals surface area contributed by atoms with Crippen molar-refractivity contribution in [3.05, 3.63) is 29.8 Å². The average Bonchev–Trinajstić information content (AvgIpc) is 2.91. The molecule has 0 amide bonds. The summed E-state index contributed by atoms with van der Waals surface area (Å²) in [7, 11) is 0. The summed E-state index contributed by atoms with van der Waals surface area (Å²) in [6.45, 7) is 8.59. The van der Waals surface area contributed by atoms with E-state index >= 15 is 0 Å². The summed E-state index contributed by atoms with van der Waals surface area (Å²) in [5, 5.41) is 3.70. The predicted octanol–water partition coefficient (Wildman–Crippen LogP) is 4.71. The van der Waals surface area contributed by atoms with Gasteiger partial charge in [0.15, 0.2) is 0 Å².